The van der Waals surface area contributed by atoms with Crippen molar-refractivity contribution in [3.05, 3.63) is 30.3 Å². The van der Waals surface area contributed by atoms with Crippen molar-refractivity contribution in [1.29, 1.82) is 0 Å². The highest BCUT2D eigenvalue weighted by molar-refractivity contribution is 5.84. The van der Waals surface area contributed by atoms with Crippen LogP contribution < -0.4 is 15.4 Å². The zero-order valence-corrected chi connectivity index (χ0v) is 15.0. The number of nitrogens with zero attached hydrogens (tertiary/aromatic N) is 2. The molecule has 1 aliphatic rings. The van der Waals surface area contributed by atoms with E-state index in [1.807, 2.05) is 30.3 Å². The lowest BCUT2D eigenvalue weighted by Crippen LogP contribution is -2.42. The summed E-state index contributed by atoms with van der Waals surface area (Å²) < 4.78 is 11.0. The Morgan fingerprint density at radius 3 is 2.80 bits per heavy atom. The third-order valence-electron chi connectivity index (χ3n) is 3.86. The summed E-state index contributed by atoms with van der Waals surface area (Å²) in [5.41, 5.74) is 0. The minimum Gasteiger partial charge on any atom is -0.492 e. The van der Waals surface area contributed by atoms with Crippen LogP contribution in [0.15, 0.2) is 35.3 Å². The SMILES string of the molecule is CN(C)C(=O)CN=C(NCCOc1ccccc1)NCC1CCOC1. The summed E-state index contributed by atoms with van der Waals surface area (Å²) in [6.45, 7) is 3.59. The molecule has 1 heterocycles. The first-order valence-corrected chi connectivity index (χ1v) is 8.63. The molecule has 0 saturated carbocycles. The van der Waals surface area contributed by atoms with Crippen LogP contribution in [0.25, 0.3) is 0 Å². The Morgan fingerprint density at radius 1 is 1.32 bits per heavy atom. The van der Waals surface area contributed by atoms with Gasteiger partial charge in [-0.2, -0.15) is 0 Å². The topological polar surface area (TPSA) is 75.2 Å². The van der Waals surface area contributed by atoms with E-state index >= 15 is 0 Å². The quantitative estimate of drug-likeness (QED) is 0.411. The average molecular weight is 348 g/mol. The van der Waals surface area contributed by atoms with Gasteiger partial charge in [-0.05, 0) is 18.6 Å². The van der Waals surface area contributed by atoms with E-state index < -0.39 is 0 Å². The average Bonchev–Trinajstić information content (AvgIpc) is 3.14. The van der Waals surface area contributed by atoms with Gasteiger partial charge in [-0.25, -0.2) is 4.99 Å². The minimum atomic E-state index is -0.0363. The Morgan fingerprint density at radius 2 is 2.12 bits per heavy atom. The highest BCUT2D eigenvalue weighted by atomic mass is 16.5. The summed E-state index contributed by atoms with van der Waals surface area (Å²) in [7, 11) is 3.45. The molecular formula is C18H28N4O3. The van der Waals surface area contributed by atoms with Crippen molar-refractivity contribution in [1.82, 2.24) is 15.5 Å². The fourth-order valence-electron chi connectivity index (χ4n) is 2.30. The van der Waals surface area contributed by atoms with E-state index in [-0.39, 0.29) is 12.5 Å². The van der Waals surface area contributed by atoms with Crippen molar-refractivity contribution in [3.63, 3.8) is 0 Å². The van der Waals surface area contributed by atoms with E-state index in [0.29, 0.717) is 25.0 Å². The van der Waals surface area contributed by atoms with Crippen molar-refractivity contribution in [2.75, 3.05) is 53.6 Å². The van der Waals surface area contributed by atoms with Crippen LogP contribution in [0, 0.1) is 5.92 Å². The van der Waals surface area contributed by atoms with Gasteiger partial charge in [0.15, 0.2) is 5.96 Å². The number of benzene rings is 1. The number of carbonyl (C=O) groups excluding carboxylic acids is 1. The summed E-state index contributed by atoms with van der Waals surface area (Å²) in [6.07, 6.45) is 1.05. The number of likely N-dealkylation sites (N-methyl/N-ethyl adjacent to an activating group) is 1. The molecule has 7 heteroatoms. The highest BCUT2D eigenvalue weighted by Gasteiger charge is 2.16. The highest BCUT2D eigenvalue weighted by Crippen LogP contribution is 2.10. The van der Waals surface area contributed by atoms with Crippen LogP contribution in [0.3, 0.4) is 0 Å². The molecule has 2 rings (SSSR count). The maximum atomic E-state index is 11.7. The number of carbonyl (C=O) groups is 1. The molecule has 0 aliphatic carbocycles. The summed E-state index contributed by atoms with van der Waals surface area (Å²) in [5, 5.41) is 6.50. The standard InChI is InChI=1S/C18H28N4O3/c1-22(2)17(23)13-21-18(20-12-15-8-10-24-14-15)19-9-11-25-16-6-4-3-5-7-16/h3-7,15H,8-14H2,1-2H3,(H2,19,20,21). The fourth-order valence-corrected chi connectivity index (χ4v) is 2.30. The van der Waals surface area contributed by atoms with Crippen LogP contribution >= 0.6 is 0 Å². The number of amides is 1. The van der Waals surface area contributed by atoms with Crippen molar-refractivity contribution >= 4 is 11.9 Å². The van der Waals surface area contributed by atoms with Gasteiger partial charge in [0.05, 0.1) is 13.2 Å². The summed E-state index contributed by atoms with van der Waals surface area (Å²) >= 11 is 0. The number of hydrogen-bond donors (Lipinski definition) is 2. The summed E-state index contributed by atoms with van der Waals surface area (Å²) in [6, 6.07) is 9.67. The Bertz CT molecular complexity index is 543. The van der Waals surface area contributed by atoms with Crippen LogP contribution in [0.5, 0.6) is 5.75 Å². The largest absolute Gasteiger partial charge is 0.492 e. The zero-order valence-electron chi connectivity index (χ0n) is 15.0. The van der Waals surface area contributed by atoms with E-state index in [1.165, 1.54) is 4.90 Å². The number of nitrogens with one attached hydrogen (secondary N) is 2. The van der Waals surface area contributed by atoms with E-state index in [9.17, 15) is 4.79 Å². The van der Waals surface area contributed by atoms with Gasteiger partial charge >= 0.3 is 0 Å². The Labute approximate surface area is 149 Å². The molecule has 1 aromatic rings. The number of guanidine groups is 1. The normalized spacial score (nSPS) is 17.2. The fraction of sp³-hybridized carbons (Fsp3) is 0.556. The molecule has 0 spiro atoms. The number of rotatable bonds is 8. The number of ether oxygens (including phenoxy) is 2. The second-order valence-corrected chi connectivity index (χ2v) is 6.15. The lowest BCUT2D eigenvalue weighted by molar-refractivity contribution is -0.127. The van der Waals surface area contributed by atoms with E-state index in [1.54, 1.807) is 14.1 Å². The molecule has 138 valence electrons. The molecule has 1 aromatic carbocycles. The lowest BCUT2D eigenvalue weighted by atomic mass is 10.1. The summed E-state index contributed by atoms with van der Waals surface area (Å²) in [4.78, 5) is 17.6. The molecule has 1 amide bonds. The van der Waals surface area contributed by atoms with E-state index in [4.69, 9.17) is 9.47 Å². The molecule has 0 aromatic heterocycles. The van der Waals surface area contributed by atoms with Crippen LogP contribution in [0.4, 0.5) is 0 Å². The van der Waals surface area contributed by atoms with Gasteiger partial charge in [-0.3, -0.25) is 4.79 Å². The zero-order chi connectivity index (χ0) is 17.9. The maximum Gasteiger partial charge on any atom is 0.243 e. The van der Waals surface area contributed by atoms with Crippen molar-refractivity contribution < 1.29 is 14.3 Å². The van der Waals surface area contributed by atoms with Crippen LogP contribution in [0.1, 0.15) is 6.42 Å². The van der Waals surface area contributed by atoms with Crippen LogP contribution in [0.2, 0.25) is 0 Å². The Hall–Kier alpha value is -2.28. The molecule has 1 fully saturated rings. The first kappa shape index (κ1) is 19.1. The Balaban J connectivity index is 1.77. The van der Waals surface area contributed by atoms with Gasteiger partial charge in [0.1, 0.15) is 18.9 Å². The summed E-state index contributed by atoms with van der Waals surface area (Å²) in [5.74, 6) is 1.91. The van der Waals surface area contributed by atoms with Gasteiger partial charge in [-0.15, -0.1) is 0 Å². The Kier molecular flexibility index (Phi) is 8.04. The molecule has 0 radical (unpaired) electrons. The molecule has 1 saturated heterocycles. The second kappa shape index (κ2) is 10.6. The molecule has 1 atom stereocenters. The molecule has 1 unspecified atom stereocenters. The van der Waals surface area contributed by atoms with E-state index in [2.05, 4.69) is 15.6 Å². The predicted octanol–water partition coefficient (Wildman–Crippen LogP) is 0.725. The predicted molar refractivity (Wildman–Crippen MR) is 97.9 cm³/mol. The van der Waals surface area contributed by atoms with Crippen LogP contribution in [-0.4, -0.2) is 70.3 Å². The molecule has 1 aliphatic heterocycles. The first-order valence-electron chi connectivity index (χ1n) is 8.63. The van der Waals surface area contributed by atoms with Gasteiger partial charge in [0.2, 0.25) is 5.91 Å². The smallest absolute Gasteiger partial charge is 0.243 e. The molecule has 2 N–H and O–H groups in total. The van der Waals surface area contributed by atoms with Gasteiger partial charge in [0.25, 0.3) is 0 Å². The van der Waals surface area contributed by atoms with Crippen LogP contribution in [-0.2, 0) is 9.53 Å². The number of aliphatic imine (C=N–C) groups is 1. The maximum absolute atomic E-state index is 11.7. The molecule has 25 heavy (non-hydrogen) atoms. The van der Waals surface area contributed by atoms with Crippen molar-refractivity contribution in [2.24, 2.45) is 10.9 Å². The van der Waals surface area contributed by atoms with E-state index in [0.717, 1.165) is 31.9 Å². The number of hydrogen-bond acceptors (Lipinski definition) is 4. The van der Waals surface area contributed by atoms with Gasteiger partial charge < -0.3 is 25.0 Å². The minimum absolute atomic E-state index is 0.0363. The lowest BCUT2D eigenvalue weighted by Gasteiger charge is -2.16. The second-order valence-electron chi connectivity index (χ2n) is 6.15. The molecular weight excluding hydrogens is 320 g/mol. The van der Waals surface area contributed by atoms with Crippen molar-refractivity contribution in [2.45, 2.75) is 6.42 Å². The third-order valence-corrected chi connectivity index (χ3v) is 3.86. The molecule has 7 nitrogen and oxygen atoms in total. The van der Waals surface area contributed by atoms with Gasteiger partial charge in [-0.1, -0.05) is 18.2 Å². The van der Waals surface area contributed by atoms with Gasteiger partial charge in [0, 0.05) is 33.2 Å². The third kappa shape index (κ3) is 7.43. The molecule has 0 bridgehead atoms. The first-order chi connectivity index (χ1) is 12.1. The van der Waals surface area contributed by atoms with Crippen molar-refractivity contribution in [3.8, 4) is 5.75 Å². The monoisotopic (exact) mass is 348 g/mol. The number of para-hydroxylation sites is 1.